The van der Waals surface area contributed by atoms with Gasteiger partial charge in [-0.2, -0.15) is 13.2 Å². The maximum atomic E-state index is 12.0. The number of ether oxygens (including phenoxy) is 2. The summed E-state index contributed by atoms with van der Waals surface area (Å²) in [6.45, 7) is 2.74. The Morgan fingerprint density at radius 3 is 2.32 bits per heavy atom. The molecule has 1 aliphatic heterocycles. The van der Waals surface area contributed by atoms with Crippen molar-refractivity contribution >= 4 is 35.6 Å². The predicted octanol–water partition coefficient (Wildman–Crippen LogP) is 2.98. The third-order valence-electron chi connectivity index (χ3n) is 4.24. The molecule has 0 amide bonds. The van der Waals surface area contributed by atoms with Crippen LogP contribution >= 0.6 is 24.0 Å². The molecule has 1 aromatic carbocycles. The van der Waals surface area contributed by atoms with Gasteiger partial charge in [-0.15, -0.1) is 24.0 Å². The summed E-state index contributed by atoms with van der Waals surface area (Å²) in [5, 5.41) is 3.19. The van der Waals surface area contributed by atoms with Gasteiger partial charge in [0.1, 0.15) is 12.4 Å². The molecule has 6 nitrogen and oxygen atoms in total. The first kappa shape index (κ1) is 24.6. The number of alkyl halides is 3. The molecule has 1 aliphatic rings. The number of hydrogen-bond donors (Lipinski definition) is 1. The normalized spacial score (nSPS) is 15.2. The third-order valence-corrected chi connectivity index (χ3v) is 4.24. The Morgan fingerprint density at radius 1 is 1.14 bits per heavy atom. The van der Waals surface area contributed by atoms with E-state index >= 15 is 0 Å². The fraction of sp³-hybridized carbons (Fsp3) is 0.611. The van der Waals surface area contributed by atoms with Gasteiger partial charge in [0.05, 0.1) is 7.11 Å². The Hall–Kier alpha value is -1.43. The number of methoxy groups -OCH3 is 1. The Kier molecular flexibility index (Phi) is 10.7. The van der Waals surface area contributed by atoms with E-state index in [1.807, 2.05) is 24.3 Å². The SMILES string of the molecule is CN=C(NCCCOCC(F)(F)F)N1CCN(c2ccc(OC)cc2)CC1.I. The van der Waals surface area contributed by atoms with Crippen LogP contribution in [-0.2, 0) is 4.74 Å². The average Bonchev–Trinajstić information content (AvgIpc) is 2.67. The molecule has 0 aromatic heterocycles. The van der Waals surface area contributed by atoms with Crippen molar-refractivity contribution in [3.8, 4) is 5.75 Å². The standard InChI is InChI=1S/C18H27F3N4O2.HI/c1-22-17(23-8-3-13-27-14-18(19,20)21)25-11-9-24(10-12-25)15-4-6-16(26-2)7-5-15;/h4-7H,3,8-14H2,1-2H3,(H,22,23);1H. The molecule has 1 N–H and O–H groups in total. The van der Waals surface area contributed by atoms with Gasteiger partial charge in [-0.25, -0.2) is 0 Å². The molecule has 0 aliphatic carbocycles. The lowest BCUT2D eigenvalue weighted by molar-refractivity contribution is -0.173. The highest BCUT2D eigenvalue weighted by Gasteiger charge is 2.27. The van der Waals surface area contributed by atoms with Gasteiger partial charge in [-0.3, -0.25) is 4.99 Å². The minimum Gasteiger partial charge on any atom is -0.497 e. The van der Waals surface area contributed by atoms with Crippen molar-refractivity contribution < 1.29 is 22.6 Å². The lowest BCUT2D eigenvalue weighted by atomic mass is 10.2. The Bertz CT molecular complexity index is 591. The summed E-state index contributed by atoms with van der Waals surface area (Å²) in [5.74, 6) is 1.60. The quantitative estimate of drug-likeness (QED) is 0.262. The van der Waals surface area contributed by atoms with Gasteiger partial charge < -0.3 is 24.6 Å². The molecule has 160 valence electrons. The van der Waals surface area contributed by atoms with Crippen LogP contribution in [0.15, 0.2) is 29.3 Å². The second-order valence-electron chi connectivity index (χ2n) is 6.17. The maximum absolute atomic E-state index is 12.0. The lowest BCUT2D eigenvalue weighted by Crippen LogP contribution is -2.52. The average molecular weight is 516 g/mol. The molecule has 1 fully saturated rings. The maximum Gasteiger partial charge on any atom is 0.411 e. The van der Waals surface area contributed by atoms with Gasteiger partial charge >= 0.3 is 6.18 Å². The molecular formula is C18H28F3IN4O2. The zero-order chi connectivity index (χ0) is 19.7. The molecule has 0 bridgehead atoms. The van der Waals surface area contributed by atoms with Crippen molar-refractivity contribution in [1.82, 2.24) is 10.2 Å². The van der Waals surface area contributed by atoms with Crippen LogP contribution in [0.4, 0.5) is 18.9 Å². The van der Waals surface area contributed by atoms with Crippen LogP contribution in [0, 0.1) is 0 Å². The minimum atomic E-state index is -4.27. The zero-order valence-electron chi connectivity index (χ0n) is 16.2. The summed E-state index contributed by atoms with van der Waals surface area (Å²) in [4.78, 5) is 8.71. The first-order valence-corrected chi connectivity index (χ1v) is 8.92. The fourth-order valence-corrected chi connectivity index (χ4v) is 2.86. The van der Waals surface area contributed by atoms with E-state index in [1.54, 1.807) is 14.2 Å². The van der Waals surface area contributed by atoms with Crippen LogP contribution in [0.25, 0.3) is 0 Å². The van der Waals surface area contributed by atoms with E-state index in [1.165, 1.54) is 0 Å². The molecule has 28 heavy (non-hydrogen) atoms. The van der Waals surface area contributed by atoms with Crippen LogP contribution in [0.5, 0.6) is 5.75 Å². The van der Waals surface area contributed by atoms with E-state index in [9.17, 15) is 13.2 Å². The van der Waals surface area contributed by atoms with E-state index in [0.29, 0.717) is 13.0 Å². The van der Waals surface area contributed by atoms with Crippen molar-refractivity contribution in [1.29, 1.82) is 0 Å². The number of nitrogens with zero attached hydrogens (tertiary/aromatic N) is 3. The Labute approximate surface area is 181 Å². The van der Waals surface area contributed by atoms with Crippen molar-refractivity contribution in [3.63, 3.8) is 0 Å². The molecular weight excluding hydrogens is 488 g/mol. The number of rotatable bonds is 7. The second-order valence-corrected chi connectivity index (χ2v) is 6.17. The molecule has 0 atom stereocenters. The number of piperazine rings is 1. The zero-order valence-corrected chi connectivity index (χ0v) is 18.5. The molecule has 1 saturated heterocycles. The van der Waals surface area contributed by atoms with Gasteiger partial charge in [0.2, 0.25) is 0 Å². The van der Waals surface area contributed by atoms with Crippen molar-refractivity contribution in [3.05, 3.63) is 24.3 Å². The highest BCUT2D eigenvalue weighted by Crippen LogP contribution is 2.20. The molecule has 10 heteroatoms. The smallest absolute Gasteiger partial charge is 0.411 e. The number of anilines is 1. The van der Waals surface area contributed by atoms with Crippen molar-refractivity contribution in [2.45, 2.75) is 12.6 Å². The highest BCUT2D eigenvalue weighted by molar-refractivity contribution is 14.0. The molecule has 1 aromatic rings. The third kappa shape index (κ3) is 8.29. The first-order valence-electron chi connectivity index (χ1n) is 8.92. The Balaban J connectivity index is 0.00000392. The number of hydrogen-bond acceptors (Lipinski definition) is 4. The molecule has 0 radical (unpaired) electrons. The van der Waals surface area contributed by atoms with E-state index in [4.69, 9.17) is 4.74 Å². The van der Waals surface area contributed by atoms with E-state index in [0.717, 1.165) is 43.6 Å². The topological polar surface area (TPSA) is 49.3 Å². The molecule has 0 spiro atoms. The summed E-state index contributed by atoms with van der Waals surface area (Å²) in [6.07, 6.45) is -3.78. The minimum absolute atomic E-state index is 0. The predicted molar refractivity (Wildman–Crippen MR) is 115 cm³/mol. The molecule has 2 rings (SSSR count). The van der Waals surface area contributed by atoms with E-state index in [-0.39, 0.29) is 30.6 Å². The number of nitrogens with one attached hydrogen (secondary N) is 1. The lowest BCUT2D eigenvalue weighted by Gasteiger charge is -2.37. The number of halogens is 4. The summed E-state index contributed by atoms with van der Waals surface area (Å²) in [6, 6.07) is 7.98. The molecule has 1 heterocycles. The van der Waals surface area contributed by atoms with Gasteiger partial charge in [-0.05, 0) is 30.7 Å². The molecule has 0 unspecified atom stereocenters. The number of benzene rings is 1. The van der Waals surface area contributed by atoms with Crippen molar-refractivity contribution in [2.24, 2.45) is 4.99 Å². The van der Waals surface area contributed by atoms with Gasteiger partial charge in [0, 0.05) is 52.1 Å². The summed E-state index contributed by atoms with van der Waals surface area (Å²) in [5.41, 5.74) is 1.15. The highest BCUT2D eigenvalue weighted by atomic mass is 127. The number of aliphatic imine (C=N–C) groups is 1. The largest absolute Gasteiger partial charge is 0.497 e. The fourth-order valence-electron chi connectivity index (χ4n) is 2.86. The summed E-state index contributed by atoms with van der Waals surface area (Å²) in [7, 11) is 3.35. The van der Waals surface area contributed by atoms with Gasteiger partial charge in [0.25, 0.3) is 0 Å². The second kappa shape index (κ2) is 12.2. The van der Waals surface area contributed by atoms with Gasteiger partial charge in [0.15, 0.2) is 5.96 Å². The van der Waals surface area contributed by atoms with E-state index < -0.39 is 12.8 Å². The monoisotopic (exact) mass is 516 g/mol. The molecule has 0 saturated carbocycles. The van der Waals surface area contributed by atoms with Crippen LogP contribution < -0.4 is 15.0 Å². The summed E-state index contributed by atoms with van der Waals surface area (Å²) >= 11 is 0. The van der Waals surface area contributed by atoms with Crippen LogP contribution in [0.3, 0.4) is 0 Å². The van der Waals surface area contributed by atoms with Crippen LogP contribution in [0.1, 0.15) is 6.42 Å². The van der Waals surface area contributed by atoms with Crippen LogP contribution in [0.2, 0.25) is 0 Å². The van der Waals surface area contributed by atoms with Crippen molar-refractivity contribution in [2.75, 3.05) is 65.0 Å². The summed E-state index contributed by atoms with van der Waals surface area (Å²) < 4.78 is 45.8. The van der Waals surface area contributed by atoms with Crippen LogP contribution in [-0.4, -0.2) is 77.1 Å². The Morgan fingerprint density at radius 2 is 1.79 bits per heavy atom. The van der Waals surface area contributed by atoms with Gasteiger partial charge in [-0.1, -0.05) is 0 Å². The van der Waals surface area contributed by atoms with E-state index in [2.05, 4.69) is 24.8 Å². The number of guanidine groups is 1. The first-order chi connectivity index (χ1) is 12.9.